The smallest absolute Gasteiger partial charge is 0.272 e. The zero-order chi connectivity index (χ0) is 11.7. The summed E-state index contributed by atoms with van der Waals surface area (Å²) in [5.41, 5.74) is 1.39. The summed E-state index contributed by atoms with van der Waals surface area (Å²) in [6.45, 7) is 2.51. The number of benzene rings is 1. The molecule has 2 heterocycles. The Hall–Kier alpha value is -0.610. The maximum absolute atomic E-state index is 5.18. The molecule has 0 aliphatic carbocycles. The van der Waals surface area contributed by atoms with Gasteiger partial charge in [0.2, 0.25) is 0 Å². The molecule has 2 aliphatic rings. The Balaban J connectivity index is 1.66. The van der Waals surface area contributed by atoms with Crippen molar-refractivity contribution >= 4 is 27.9 Å². The Morgan fingerprint density at radius 3 is 2.35 bits per heavy atom. The first kappa shape index (κ1) is 11.5. The third kappa shape index (κ3) is 2.33. The molecule has 0 bridgehead atoms. The van der Waals surface area contributed by atoms with Crippen molar-refractivity contribution in [2.45, 2.75) is 17.4 Å². The second kappa shape index (κ2) is 4.94. The number of methoxy groups -OCH3 is 1. The number of nitrogens with zero attached hydrogens (tertiary/aromatic N) is 1. The predicted molar refractivity (Wildman–Crippen MR) is 75.2 cm³/mol. The minimum absolute atomic E-state index is 0.580. The second-order valence-electron chi connectivity index (χ2n) is 4.30. The van der Waals surface area contributed by atoms with Gasteiger partial charge >= 0.3 is 0 Å². The Morgan fingerprint density at radius 2 is 1.76 bits per heavy atom. The molecule has 17 heavy (non-hydrogen) atoms. The van der Waals surface area contributed by atoms with Crippen molar-refractivity contribution < 1.29 is 9.31 Å². The summed E-state index contributed by atoms with van der Waals surface area (Å²) in [6.07, 6.45) is 2.72. The van der Waals surface area contributed by atoms with Crippen molar-refractivity contribution in [3.8, 4) is 5.75 Å². The molecule has 0 atom stereocenters. The number of thioether (sulfide) groups is 2. The molecule has 2 aliphatic heterocycles. The van der Waals surface area contributed by atoms with Gasteiger partial charge in [0.1, 0.15) is 18.8 Å². The van der Waals surface area contributed by atoms with Gasteiger partial charge in [-0.3, -0.25) is 0 Å². The lowest BCUT2D eigenvalue weighted by Crippen LogP contribution is -2.20. The van der Waals surface area contributed by atoms with Gasteiger partial charge in [0, 0.05) is 12.8 Å². The Kier molecular flexibility index (Phi) is 3.34. The molecular formula is C13H16NOS2+. The molecule has 0 N–H and O–H groups in total. The molecule has 0 saturated carbocycles. The van der Waals surface area contributed by atoms with Crippen LogP contribution in [0.3, 0.4) is 0 Å². The fourth-order valence-corrected chi connectivity index (χ4v) is 4.61. The molecule has 4 heteroatoms. The number of hydrogen-bond acceptors (Lipinski definition) is 3. The first-order chi connectivity index (χ1) is 8.36. The third-order valence-electron chi connectivity index (χ3n) is 3.17. The normalized spacial score (nSPS) is 23.7. The Bertz CT molecular complexity index is 425. The maximum Gasteiger partial charge on any atom is 0.272 e. The van der Waals surface area contributed by atoms with E-state index in [1.807, 2.05) is 35.7 Å². The van der Waals surface area contributed by atoms with Gasteiger partial charge in [0.05, 0.1) is 11.7 Å². The Labute approximate surface area is 110 Å². The number of hydrogen-bond donors (Lipinski definition) is 0. The lowest BCUT2D eigenvalue weighted by molar-refractivity contribution is -0.500. The first-order valence-electron chi connectivity index (χ1n) is 5.96. The molecule has 0 spiro atoms. The molecule has 2 saturated heterocycles. The van der Waals surface area contributed by atoms with Gasteiger partial charge in [0.15, 0.2) is 0 Å². The van der Waals surface area contributed by atoms with Gasteiger partial charge in [-0.2, -0.15) is 0 Å². The van der Waals surface area contributed by atoms with Crippen LogP contribution in [0.2, 0.25) is 0 Å². The van der Waals surface area contributed by atoms with Crippen LogP contribution in [0.15, 0.2) is 24.3 Å². The van der Waals surface area contributed by atoms with Crippen LogP contribution in [-0.2, 0) is 0 Å². The molecule has 2 fully saturated rings. The molecule has 2 nitrogen and oxygen atoms in total. The van der Waals surface area contributed by atoms with E-state index in [0.29, 0.717) is 4.58 Å². The zero-order valence-corrected chi connectivity index (χ0v) is 11.5. The second-order valence-corrected chi connectivity index (χ2v) is 7.05. The van der Waals surface area contributed by atoms with E-state index in [2.05, 4.69) is 16.7 Å². The lowest BCUT2D eigenvalue weighted by atomic mass is 10.2. The number of rotatable bonds is 2. The van der Waals surface area contributed by atoms with E-state index >= 15 is 0 Å². The predicted octanol–water partition coefficient (Wildman–Crippen LogP) is 3.34. The average molecular weight is 266 g/mol. The van der Waals surface area contributed by atoms with E-state index in [4.69, 9.17) is 4.74 Å². The van der Waals surface area contributed by atoms with E-state index in [1.165, 1.54) is 35.9 Å². The summed E-state index contributed by atoms with van der Waals surface area (Å²) in [7, 11) is 1.71. The quantitative estimate of drug-likeness (QED) is 0.762. The molecule has 3 rings (SSSR count). The van der Waals surface area contributed by atoms with Crippen LogP contribution in [-0.4, -0.2) is 29.2 Å². The number of ether oxygens (including phenoxy) is 1. The van der Waals surface area contributed by atoms with Crippen LogP contribution in [0.25, 0.3) is 0 Å². The van der Waals surface area contributed by atoms with Crippen molar-refractivity contribution in [3.63, 3.8) is 0 Å². The highest BCUT2D eigenvalue weighted by molar-refractivity contribution is 8.52. The molecule has 0 amide bonds. The SMILES string of the molecule is COc1ccc(C2SC(=[N+]3CCCC3)S2)cc1. The van der Waals surface area contributed by atoms with Gasteiger partial charge in [0.25, 0.3) is 4.38 Å². The van der Waals surface area contributed by atoms with Crippen molar-refractivity contribution in [1.82, 2.24) is 0 Å². The molecule has 0 unspecified atom stereocenters. The van der Waals surface area contributed by atoms with E-state index in [0.717, 1.165) is 5.75 Å². The van der Waals surface area contributed by atoms with E-state index in [-0.39, 0.29) is 0 Å². The summed E-state index contributed by atoms with van der Waals surface area (Å²) in [5, 5.41) is 0. The summed E-state index contributed by atoms with van der Waals surface area (Å²) in [4.78, 5) is 0. The van der Waals surface area contributed by atoms with E-state index < -0.39 is 0 Å². The molecule has 0 radical (unpaired) electrons. The third-order valence-corrected chi connectivity index (χ3v) is 6.21. The summed E-state index contributed by atoms with van der Waals surface area (Å²) in [5.74, 6) is 0.937. The summed E-state index contributed by atoms with van der Waals surface area (Å²) in [6, 6.07) is 8.43. The molecule has 0 aromatic heterocycles. The largest absolute Gasteiger partial charge is 0.497 e. The van der Waals surface area contributed by atoms with E-state index in [1.54, 1.807) is 7.11 Å². The fourth-order valence-electron chi connectivity index (χ4n) is 2.14. The van der Waals surface area contributed by atoms with Gasteiger partial charge in [-0.25, -0.2) is 4.58 Å². The van der Waals surface area contributed by atoms with Crippen molar-refractivity contribution in [2.24, 2.45) is 0 Å². The van der Waals surface area contributed by atoms with E-state index in [9.17, 15) is 0 Å². The minimum atomic E-state index is 0.580. The van der Waals surface area contributed by atoms with Crippen LogP contribution in [0.1, 0.15) is 23.0 Å². The average Bonchev–Trinajstić information content (AvgIpc) is 2.82. The molecule has 1 aromatic rings. The summed E-state index contributed by atoms with van der Waals surface area (Å²) >= 11 is 4.00. The fraction of sp³-hybridized carbons (Fsp3) is 0.462. The highest BCUT2D eigenvalue weighted by Gasteiger charge is 2.36. The molecular weight excluding hydrogens is 250 g/mol. The standard InChI is InChI=1S/C13H16NOS2/c1-15-11-6-4-10(5-7-11)12-16-13(17-12)14-8-2-3-9-14/h4-7,12H,2-3,8-9H2,1H3/q+1. The monoisotopic (exact) mass is 266 g/mol. The van der Waals surface area contributed by atoms with Gasteiger partial charge in [-0.15, -0.1) is 0 Å². The lowest BCUT2D eigenvalue weighted by Gasteiger charge is -2.24. The first-order valence-corrected chi connectivity index (χ1v) is 7.72. The van der Waals surface area contributed by atoms with Crippen molar-refractivity contribution in [1.29, 1.82) is 0 Å². The van der Waals surface area contributed by atoms with Crippen molar-refractivity contribution in [2.75, 3.05) is 20.2 Å². The van der Waals surface area contributed by atoms with Crippen LogP contribution in [0, 0.1) is 0 Å². The van der Waals surface area contributed by atoms with Gasteiger partial charge in [-0.05, 0) is 41.2 Å². The summed E-state index contributed by atoms with van der Waals surface area (Å²) < 4.78 is 9.80. The van der Waals surface area contributed by atoms with Crippen LogP contribution >= 0.6 is 23.5 Å². The zero-order valence-electron chi connectivity index (χ0n) is 9.89. The Morgan fingerprint density at radius 1 is 1.12 bits per heavy atom. The van der Waals surface area contributed by atoms with Crippen molar-refractivity contribution in [3.05, 3.63) is 29.8 Å². The van der Waals surface area contributed by atoms with Crippen LogP contribution < -0.4 is 4.74 Å². The minimum Gasteiger partial charge on any atom is -0.497 e. The molecule has 90 valence electrons. The van der Waals surface area contributed by atoms with Crippen LogP contribution in [0.5, 0.6) is 5.75 Å². The van der Waals surface area contributed by atoms with Crippen LogP contribution in [0.4, 0.5) is 0 Å². The highest BCUT2D eigenvalue weighted by Crippen LogP contribution is 2.54. The maximum atomic E-state index is 5.18. The molecule has 1 aromatic carbocycles. The van der Waals surface area contributed by atoms with Gasteiger partial charge < -0.3 is 4.74 Å². The highest BCUT2D eigenvalue weighted by atomic mass is 32.3. The van der Waals surface area contributed by atoms with Gasteiger partial charge in [-0.1, -0.05) is 12.1 Å². The topological polar surface area (TPSA) is 12.2 Å².